The average molecular weight is 191 g/mol. The number of hydrogen-bond acceptors (Lipinski definition) is 3. The van der Waals surface area contributed by atoms with E-state index in [1.54, 1.807) is 0 Å². The van der Waals surface area contributed by atoms with E-state index in [1.807, 2.05) is 19.3 Å². The Morgan fingerprint density at radius 3 is 2.79 bits per heavy atom. The number of hydrogen-bond donors (Lipinski definition) is 1. The Morgan fingerprint density at radius 2 is 2.14 bits per heavy atom. The Balaban J connectivity index is 1.84. The molecule has 14 heavy (non-hydrogen) atoms. The fourth-order valence-electron chi connectivity index (χ4n) is 1.75. The Hall–Kier alpha value is -1.12. The topological polar surface area (TPSA) is 37.8 Å². The van der Waals surface area contributed by atoms with Gasteiger partial charge in [0.2, 0.25) is 5.95 Å². The third-order valence-corrected chi connectivity index (χ3v) is 2.68. The second kappa shape index (κ2) is 3.95. The van der Waals surface area contributed by atoms with Crippen molar-refractivity contribution in [2.24, 2.45) is 5.92 Å². The van der Waals surface area contributed by atoms with Gasteiger partial charge in [-0.05, 0) is 31.2 Å². The lowest BCUT2D eigenvalue weighted by atomic mass is 10.2. The first-order valence-electron chi connectivity index (χ1n) is 5.34. The lowest BCUT2D eigenvalue weighted by Gasteiger charge is -2.02. The molecule has 1 aliphatic carbocycles. The monoisotopic (exact) mass is 191 g/mol. The van der Waals surface area contributed by atoms with Crippen molar-refractivity contribution in [2.75, 3.05) is 5.32 Å². The number of nitrogens with one attached hydrogen (secondary N) is 1. The molecule has 1 saturated carbocycles. The SMILES string of the molecule is CCCC1CC1Nc1ncc(C)cn1. The first-order chi connectivity index (χ1) is 6.79. The van der Waals surface area contributed by atoms with Crippen molar-refractivity contribution in [1.29, 1.82) is 0 Å². The fraction of sp³-hybridized carbons (Fsp3) is 0.636. The molecule has 76 valence electrons. The molecule has 1 N–H and O–H groups in total. The molecule has 3 heteroatoms. The highest BCUT2D eigenvalue weighted by molar-refractivity contribution is 5.29. The van der Waals surface area contributed by atoms with Crippen molar-refractivity contribution in [2.45, 2.75) is 39.2 Å². The molecule has 0 aromatic carbocycles. The fourth-order valence-corrected chi connectivity index (χ4v) is 1.75. The molecule has 0 radical (unpaired) electrons. The van der Waals surface area contributed by atoms with E-state index >= 15 is 0 Å². The maximum absolute atomic E-state index is 4.23. The second-order valence-electron chi connectivity index (χ2n) is 4.12. The molecule has 1 aromatic heterocycles. The van der Waals surface area contributed by atoms with Crippen LogP contribution in [0.2, 0.25) is 0 Å². The maximum Gasteiger partial charge on any atom is 0.222 e. The van der Waals surface area contributed by atoms with E-state index in [2.05, 4.69) is 22.2 Å². The van der Waals surface area contributed by atoms with Gasteiger partial charge in [-0.15, -0.1) is 0 Å². The van der Waals surface area contributed by atoms with E-state index in [0.29, 0.717) is 6.04 Å². The third kappa shape index (κ3) is 2.22. The third-order valence-electron chi connectivity index (χ3n) is 2.68. The standard InChI is InChI=1S/C11H17N3/c1-3-4-9-5-10(9)14-11-12-6-8(2)7-13-11/h6-7,9-10H,3-5H2,1-2H3,(H,12,13,14). The summed E-state index contributed by atoms with van der Waals surface area (Å²) in [6.07, 6.45) is 7.59. The van der Waals surface area contributed by atoms with Crippen LogP contribution in [0.3, 0.4) is 0 Å². The summed E-state index contributed by atoms with van der Waals surface area (Å²) in [4.78, 5) is 8.46. The Bertz CT molecular complexity index is 294. The van der Waals surface area contributed by atoms with Crippen LogP contribution in [-0.4, -0.2) is 16.0 Å². The molecule has 1 fully saturated rings. The van der Waals surface area contributed by atoms with E-state index in [4.69, 9.17) is 0 Å². The molecule has 0 saturated heterocycles. The predicted molar refractivity (Wildman–Crippen MR) is 57.2 cm³/mol. The quantitative estimate of drug-likeness (QED) is 0.794. The van der Waals surface area contributed by atoms with Gasteiger partial charge >= 0.3 is 0 Å². The van der Waals surface area contributed by atoms with Crippen LogP contribution in [0, 0.1) is 12.8 Å². The van der Waals surface area contributed by atoms with Crippen LogP contribution in [0.5, 0.6) is 0 Å². The van der Waals surface area contributed by atoms with E-state index < -0.39 is 0 Å². The van der Waals surface area contributed by atoms with Crippen LogP contribution in [0.4, 0.5) is 5.95 Å². The Labute approximate surface area is 85.0 Å². The lowest BCUT2D eigenvalue weighted by molar-refractivity contribution is 0.691. The summed E-state index contributed by atoms with van der Waals surface area (Å²) in [7, 11) is 0. The molecule has 1 heterocycles. The minimum Gasteiger partial charge on any atom is -0.351 e. The van der Waals surface area contributed by atoms with Gasteiger partial charge in [0.1, 0.15) is 0 Å². The molecule has 0 amide bonds. The summed E-state index contributed by atoms with van der Waals surface area (Å²) in [5.41, 5.74) is 1.11. The lowest BCUT2D eigenvalue weighted by Crippen LogP contribution is -2.07. The zero-order chi connectivity index (χ0) is 9.97. The normalized spacial score (nSPS) is 24.7. The Morgan fingerprint density at radius 1 is 1.43 bits per heavy atom. The molecule has 2 rings (SSSR count). The second-order valence-corrected chi connectivity index (χ2v) is 4.12. The maximum atomic E-state index is 4.23. The van der Waals surface area contributed by atoms with Crippen molar-refractivity contribution < 1.29 is 0 Å². The summed E-state index contributed by atoms with van der Waals surface area (Å²) < 4.78 is 0. The van der Waals surface area contributed by atoms with Crippen LogP contribution >= 0.6 is 0 Å². The molecule has 1 aliphatic rings. The molecule has 0 spiro atoms. The van der Waals surface area contributed by atoms with Crippen molar-refractivity contribution in [1.82, 2.24) is 9.97 Å². The highest BCUT2D eigenvalue weighted by atomic mass is 15.1. The van der Waals surface area contributed by atoms with E-state index in [9.17, 15) is 0 Å². The molecule has 3 nitrogen and oxygen atoms in total. The van der Waals surface area contributed by atoms with Gasteiger partial charge in [-0.25, -0.2) is 9.97 Å². The van der Waals surface area contributed by atoms with Crippen molar-refractivity contribution >= 4 is 5.95 Å². The molecule has 0 bridgehead atoms. The van der Waals surface area contributed by atoms with Gasteiger partial charge in [0.15, 0.2) is 0 Å². The number of anilines is 1. The highest BCUT2D eigenvalue weighted by Crippen LogP contribution is 2.36. The molecule has 1 aromatic rings. The first kappa shape index (κ1) is 9.44. The van der Waals surface area contributed by atoms with Gasteiger partial charge in [-0.3, -0.25) is 0 Å². The van der Waals surface area contributed by atoms with Gasteiger partial charge in [0, 0.05) is 18.4 Å². The molecular weight excluding hydrogens is 174 g/mol. The van der Waals surface area contributed by atoms with Crippen molar-refractivity contribution in [3.05, 3.63) is 18.0 Å². The summed E-state index contributed by atoms with van der Waals surface area (Å²) in [6, 6.07) is 0.623. The average Bonchev–Trinajstić information content (AvgIpc) is 2.89. The van der Waals surface area contributed by atoms with Gasteiger partial charge < -0.3 is 5.32 Å². The van der Waals surface area contributed by atoms with Crippen LogP contribution in [0.1, 0.15) is 31.7 Å². The van der Waals surface area contributed by atoms with Crippen LogP contribution < -0.4 is 5.32 Å². The summed E-state index contributed by atoms with van der Waals surface area (Å²) in [5, 5.41) is 3.36. The smallest absolute Gasteiger partial charge is 0.222 e. The van der Waals surface area contributed by atoms with E-state index in [1.165, 1.54) is 19.3 Å². The van der Waals surface area contributed by atoms with Crippen LogP contribution in [0.25, 0.3) is 0 Å². The number of aromatic nitrogens is 2. The summed E-state index contributed by atoms with van der Waals surface area (Å²) >= 11 is 0. The molecular formula is C11H17N3. The zero-order valence-electron chi connectivity index (χ0n) is 8.83. The minimum absolute atomic E-state index is 0.623. The van der Waals surface area contributed by atoms with Gasteiger partial charge in [0.05, 0.1) is 0 Å². The van der Waals surface area contributed by atoms with Crippen LogP contribution in [-0.2, 0) is 0 Å². The van der Waals surface area contributed by atoms with E-state index in [0.717, 1.165) is 17.4 Å². The molecule has 2 unspecified atom stereocenters. The van der Waals surface area contributed by atoms with Crippen LogP contribution in [0.15, 0.2) is 12.4 Å². The number of aryl methyl sites for hydroxylation is 1. The summed E-state index contributed by atoms with van der Waals surface area (Å²) in [6.45, 7) is 4.23. The van der Waals surface area contributed by atoms with Crippen molar-refractivity contribution in [3.8, 4) is 0 Å². The van der Waals surface area contributed by atoms with Gasteiger partial charge in [0.25, 0.3) is 0 Å². The van der Waals surface area contributed by atoms with E-state index in [-0.39, 0.29) is 0 Å². The minimum atomic E-state index is 0.623. The van der Waals surface area contributed by atoms with Gasteiger partial charge in [-0.2, -0.15) is 0 Å². The highest BCUT2D eigenvalue weighted by Gasteiger charge is 2.36. The largest absolute Gasteiger partial charge is 0.351 e. The summed E-state index contributed by atoms with van der Waals surface area (Å²) in [5.74, 6) is 1.63. The number of nitrogens with zero attached hydrogens (tertiary/aromatic N) is 2. The Kier molecular flexibility index (Phi) is 2.66. The molecule has 2 atom stereocenters. The van der Waals surface area contributed by atoms with Crippen molar-refractivity contribution in [3.63, 3.8) is 0 Å². The first-order valence-corrected chi connectivity index (χ1v) is 5.34. The number of rotatable bonds is 4. The molecule has 0 aliphatic heterocycles. The zero-order valence-corrected chi connectivity index (χ0v) is 8.83. The van der Waals surface area contributed by atoms with Gasteiger partial charge in [-0.1, -0.05) is 13.3 Å². The predicted octanol–water partition coefficient (Wildman–Crippen LogP) is 2.39.